The molecule has 1 aromatic carbocycles. The minimum Gasteiger partial charge on any atom is -0.337 e. The van der Waals surface area contributed by atoms with E-state index < -0.39 is 0 Å². The third-order valence-electron chi connectivity index (χ3n) is 2.37. The maximum Gasteiger partial charge on any atom is 0.243 e. The van der Waals surface area contributed by atoms with Gasteiger partial charge >= 0.3 is 0 Å². The summed E-state index contributed by atoms with van der Waals surface area (Å²) in [4.78, 5) is 4.28. The minimum atomic E-state index is 0.00547. The van der Waals surface area contributed by atoms with E-state index in [4.69, 9.17) is 27.7 Å². The molecule has 0 aliphatic rings. The van der Waals surface area contributed by atoms with E-state index in [-0.39, 0.29) is 6.04 Å². The summed E-state index contributed by atoms with van der Waals surface area (Å²) in [5, 5.41) is 8.00. The van der Waals surface area contributed by atoms with Gasteiger partial charge in [-0.05, 0) is 32.2 Å². The van der Waals surface area contributed by atoms with Crippen LogP contribution < -0.4 is 5.32 Å². The molecule has 0 bridgehead atoms. The van der Waals surface area contributed by atoms with Gasteiger partial charge in [0.15, 0.2) is 0 Å². The molecule has 0 saturated carbocycles. The second-order valence-electron chi connectivity index (χ2n) is 3.62. The van der Waals surface area contributed by atoms with E-state index in [0.29, 0.717) is 21.8 Å². The molecule has 0 aliphatic heterocycles. The van der Waals surface area contributed by atoms with E-state index >= 15 is 0 Å². The molecule has 0 radical (unpaired) electrons. The largest absolute Gasteiger partial charge is 0.337 e. The molecule has 2 aromatic rings. The van der Waals surface area contributed by atoms with Crippen LogP contribution in [0.25, 0.3) is 11.4 Å². The quantitative estimate of drug-likeness (QED) is 0.931. The standard InChI is InChI=1S/C11H11Cl2N3O/c1-6(14-2)11-15-10(16-17-11)7-3-8(12)5-9(13)4-7/h3-6,14H,1-2H3. The van der Waals surface area contributed by atoms with E-state index in [1.807, 2.05) is 14.0 Å². The van der Waals surface area contributed by atoms with Gasteiger partial charge in [0.1, 0.15) is 0 Å². The lowest BCUT2D eigenvalue weighted by Gasteiger charge is -2.01. The fraction of sp³-hybridized carbons (Fsp3) is 0.273. The summed E-state index contributed by atoms with van der Waals surface area (Å²) in [6, 6.07) is 5.15. The number of nitrogens with one attached hydrogen (secondary N) is 1. The van der Waals surface area contributed by atoms with Crippen LogP contribution in [0.4, 0.5) is 0 Å². The number of nitrogens with zero attached hydrogens (tertiary/aromatic N) is 2. The lowest BCUT2D eigenvalue weighted by Crippen LogP contribution is -2.12. The van der Waals surface area contributed by atoms with E-state index in [1.165, 1.54) is 0 Å². The summed E-state index contributed by atoms with van der Waals surface area (Å²) in [5.74, 6) is 1.00. The summed E-state index contributed by atoms with van der Waals surface area (Å²) in [6.45, 7) is 1.93. The van der Waals surface area contributed by atoms with Crippen molar-refractivity contribution in [1.29, 1.82) is 0 Å². The minimum absolute atomic E-state index is 0.00547. The Morgan fingerprint density at radius 1 is 1.24 bits per heavy atom. The van der Waals surface area contributed by atoms with Crippen molar-refractivity contribution in [2.45, 2.75) is 13.0 Å². The fourth-order valence-corrected chi connectivity index (χ4v) is 1.86. The molecule has 0 saturated heterocycles. The zero-order valence-corrected chi connectivity index (χ0v) is 10.9. The maximum absolute atomic E-state index is 5.91. The second-order valence-corrected chi connectivity index (χ2v) is 4.50. The van der Waals surface area contributed by atoms with Crippen LogP contribution in [0.5, 0.6) is 0 Å². The zero-order chi connectivity index (χ0) is 12.4. The number of rotatable bonds is 3. The number of aromatic nitrogens is 2. The van der Waals surface area contributed by atoms with Gasteiger partial charge in [-0.2, -0.15) is 4.98 Å². The Morgan fingerprint density at radius 3 is 2.47 bits per heavy atom. The first kappa shape index (κ1) is 12.4. The van der Waals surface area contributed by atoms with Crippen molar-refractivity contribution in [3.63, 3.8) is 0 Å². The molecule has 1 unspecified atom stereocenters. The molecule has 0 aliphatic carbocycles. The third kappa shape index (κ3) is 2.77. The number of hydrogen-bond donors (Lipinski definition) is 1. The third-order valence-corrected chi connectivity index (χ3v) is 2.80. The van der Waals surface area contributed by atoms with Crippen molar-refractivity contribution in [1.82, 2.24) is 15.5 Å². The molecule has 0 amide bonds. The Bertz CT molecular complexity index is 507. The molecular weight excluding hydrogens is 261 g/mol. The molecule has 6 heteroatoms. The predicted octanol–water partition coefficient (Wildman–Crippen LogP) is 3.32. The molecule has 90 valence electrons. The van der Waals surface area contributed by atoms with Crippen molar-refractivity contribution < 1.29 is 4.52 Å². The van der Waals surface area contributed by atoms with Crippen LogP contribution in [-0.2, 0) is 0 Å². The number of benzene rings is 1. The fourth-order valence-electron chi connectivity index (χ4n) is 1.33. The summed E-state index contributed by atoms with van der Waals surface area (Å²) in [6.07, 6.45) is 0. The lowest BCUT2D eigenvalue weighted by molar-refractivity contribution is 0.347. The molecule has 4 nitrogen and oxygen atoms in total. The lowest BCUT2D eigenvalue weighted by atomic mass is 10.2. The van der Waals surface area contributed by atoms with Gasteiger partial charge in [-0.1, -0.05) is 28.4 Å². The average Bonchev–Trinajstić information content (AvgIpc) is 2.76. The first-order chi connectivity index (χ1) is 8.10. The maximum atomic E-state index is 5.91. The van der Waals surface area contributed by atoms with Crippen LogP contribution >= 0.6 is 23.2 Å². The van der Waals surface area contributed by atoms with E-state index in [2.05, 4.69) is 15.5 Å². The molecule has 1 heterocycles. The molecule has 1 N–H and O–H groups in total. The van der Waals surface area contributed by atoms with Gasteiger partial charge in [-0.25, -0.2) is 0 Å². The normalized spacial score (nSPS) is 12.7. The molecule has 0 fully saturated rings. The van der Waals surface area contributed by atoms with Crippen LogP contribution in [0.1, 0.15) is 18.9 Å². The van der Waals surface area contributed by atoms with Gasteiger partial charge in [-0.15, -0.1) is 0 Å². The van der Waals surface area contributed by atoms with Crippen molar-refractivity contribution >= 4 is 23.2 Å². The second kappa shape index (κ2) is 5.04. The molecule has 0 spiro atoms. The Kier molecular flexibility index (Phi) is 3.66. The molecule has 1 atom stereocenters. The molecule has 1 aromatic heterocycles. The summed E-state index contributed by atoms with van der Waals surface area (Å²) < 4.78 is 5.14. The van der Waals surface area contributed by atoms with Crippen LogP contribution in [0, 0.1) is 0 Å². The summed E-state index contributed by atoms with van der Waals surface area (Å²) in [5.41, 5.74) is 0.737. The highest BCUT2D eigenvalue weighted by molar-refractivity contribution is 6.35. The summed E-state index contributed by atoms with van der Waals surface area (Å²) in [7, 11) is 1.82. The van der Waals surface area contributed by atoms with Gasteiger partial charge in [0, 0.05) is 15.6 Å². The summed E-state index contributed by atoms with van der Waals surface area (Å²) >= 11 is 11.8. The van der Waals surface area contributed by atoms with E-state index in [1.54, 1.807) is 18.2 Å². The van der Waals surface area contributed by atoms with Gasteiger partial charge in [0.25, 0.3) is 0 Å². The van der Waals surface area contributed by atoms with Crippen LogP contribution in [-0.4, -0.2) is 17.2 Å². The highest BCUT2D eigenvalue weighted by Gasteiger charge is 2.14. The van der Waals surface area contributed by atoms with Crippen molar-refractivity contribution in [2.75, 3.05) is 7.05 Å². The predicted molar refractivity (Wildman–Crippen MR) is 67.2 cm³/mol. The van der Waals surface area contributed by atoms with Gasteiger partial charge in [0.2, 0.25) is 11.7 Å². The highest BCUT2D eigenvalue weighted by Crippen LogP contribution is 2.26. The van der Waals surface area contributed by atoms with Gasteiger partial charge in [-0.3, -0.25) is 0 Å². The van der Waals surface area contributed by atoms with E-state index in [9.17, 15) is 0 Å². The highest BCUT2D eigenvalue weighted by atomic mass is 35.5. The van der Waals surface area contributed by atoms with Gasteiger partial charge < -0.3 is 9.84 Å². The van der Waals surface area contributed by atoms with Crippen LogP contribution in [0.3, 0.4) is 0 Å². The molecular formula is C11H11Cl2N3O. The van der Waals surface area contributed by atoms with Crippen LogP contribution in [0.15, 0.2) is 22.7 Å². The van der Waals surface area contributed by atoms with Gasteiger partial charge in [0.05, 0.1) is 6.04 Å². The first-order valence-electron chi connectivity index (χ1n) is 5.07. The molecule has 2 rings (SSSR count). The molecule has 17 heavy (non-hydrogen) atoms. The van der Waals surface area contributed by atoms with Crippen molar-refractivity contribution in [3.8, 4) is 11.4 Å². The SMILES string of the molecule is CNC(C)c1nc(-c2cc(Cl)cc(Cl)c2)no1. The topological polar surface area (TPSA) is 51.0 Å². The first-order valence-corrected chi connectivity index (χ1v) is 5.83. The van der Waals surface area contributed by atoms with Crippen LogP contribution in [0.2, 0.25) is 10.0 Å². The smallest absolute Gasteiger partial charge is 0.243 e. The Hall–Kier alpha value is -1.10. The van der Waals surface area contributed by atoms with E-state index in [0.717, 1.165) is 5.56 Å². The monoisotopic (exact) mass is 271 g/mol. The number of hydrogen-bond acceptors (Lipinski definition) is 4. The van der Waals surface area contributed by atoms with Crippen molar-refractivity contribution in [2.24, 2.45) is 0 Å². The van der Waals surface area contributed by atoms with Crippen molar-refractivity contribution in [3.05, 3.63) is 34.1 Å². The Balaban J connectivity index is 2.36. The zero-order valence-electron chi connectivity index (χ0n) is 9.37. The number of halogens is 2. The average molecular weight is 272 g/mol. The Labute approximate surface area is 109 Å². The Morgan fingerprint density at radius 2 is 1.88 bits per heavy atom.